The summed E-state index contributed by atoms with van der Waals surface area (Å²) in [5.41, 5.74) is 1.13. The van der Waals surface area contributed by atoms with Crippen molar-refractivity contribution in [3.05, 3.63) is 166 Å². The van der Waals surface area contributed by atoms with Crippen molar-refractivity contribution < 1.29 is 22.1 Å². The minimum Gasteiger partial charge on any atom is -1.00 e. The van der Waals surface area contributed by atoms with Gasteiger partial charge in [0.1, 0.15) is 23.2 Å². The first kappa shape index (κ1) is 30.4. The maximum absolute atomic E-state index is 14.9. The van der Waals surface area contributed by atoms with Gasteiger partial charge >= 0.3 is 0 Å². The molecule has 0 aliphatic heterocycles. The maximum atomic E-state index is 14.9. The molecular weight excluding hydrogens is 596 g/mol. The second-order valence-corrected chi connectivity index (χ2v) is 14.4. The van der Waals surface area contributed by atoms with Crippen LogP contribution in [0.15, 0.2) is 140 Å². The number of nitro groups is 1. The number of alkyl halides is 1. The summed E-state index contributed by atoms with van der Waals surface area (Å²) >= 11 is 14.1. The molecule has 4 nitrogen and oxygen atoms in total. The Hall–Kier alpha value is -3.53. The summed E-state index contributed by atoms with van der Waals surface area (Å²) in [6.07, 6.45) is 0.139. The van der Waals surface area contributed by atoms with E-state index in [2.05, 4.69) is 0 Å². The predicted octanol–water partition coefficient (Wildman–Crippen LogP) is 4.61. The summed E-state index contributed by atoms with van der Waals surface area (Å²) in [7, 11) is -2.96. The van der Waals surface area contributed by atoms with Gasteiger partial charge in [0.15, 0.2) is 0 Å². The molecule has 0 spiro atoms. The molecule has 0 aliphatic carbocycles. The molecule has 0 aliphatic rings. The molecule has 0 radical (unpaired) electrons. The summed E-state index contributed by atoms with van der Waals surface area (Å²) in [5, 5.41) is 14.7. The molecular formula is C33H25Cl3NO3P. The Kier molecular flexibility index (Phi) is 9.63. The van der Waals surface area contributed by atoms with E-state index >= 15 is 0 Å². The third-order valence-corrected chi connectivity index (χ3v) is 13.0. The molecule has 0 aromatic heterocycles. The van der Waals surface area contributed by atoms with Crippen molar-refractivity contribution in [2.24, 2.45) is 0 Å². The summed E-state index contributed by atoms with van der Waals surface area (Å²) in [6, 6.07) is 42.9. The van der Waals surface area contributed by atoms with Gasteiger partial charge in [-0.1, -0.05) is 89.9 Å². The molecule has 0 fully saturated rings. The van der Waals surface area contributed by atoms with Crippen LogP contribution in [-0.4, -0.2) is 15.3 Å². The fraction of sp³-hybridized carbons (Fsp3) is 0.0606. The number of rotatable bonds is 9. The number of Topliss-reactive ketones (excluding diaryl/α,β-unsaturated/α-hetero) is 1. The first-order valence-corrected chi connectivity index (χ1v) is 15.2. The van der Waals surface area contributed by atoms with Gasteiger partial charge in [0.2, 0.25) is 10.4 Å². The van der Waals surface area contributed by atoms with E-state index in [1.807, 2.05) is 91.0 Å². The van der Waals surface area contributed by atoms with Gasteiger partial charge in [-0.05, 0) is 66.2 Å². The largest absolute Gasteiger partial charge is 1.00 e. The van der Waals surface area contributed by atoms with Crippen molar-refractivity contribution in [1.29, 1.82) is 0 Å². The fourth-order valence-corrected chi connectivity index (χ4v) is 11.3. The first-order valence-electron chi connectivity index (χ1n) is 12.6. The van der Waals surface area contributed by atoms with Gasteiger partial charge < -0.3 is 12.4 Å². The van der Waals surface area contributed by atoms with E-state index in [1.165, 1.54) is 12.1 Å². The summed E-state index contributed by atoms with van der Waals surface area (Å²) in [4.78, 5) is 25.8. The van der Waals surface area contributed by atoms with E-state index in [0.29, 0.717) is 10.6 Å². The molecule has 0 amide bonds. The second kappa shape index (κ2) is 13.0. The Balaban J connectivity index is 0.00000387. The molecule has 0 saturated carbocycles. The number of nitro benzene ring substituents is 1. The molecule has 41 heavy (non-hydrogen) atoms. The average molecular weight is 621 g/mol. The van der Waals surface area contributed by atoms with E-state index < -0.39 is 16.8 Å². The van der Waals surface area contributed by atoms with E-state index in [4.69, 9.17) is 23.2 Å². The number of hydrogen-bond donors (Lipinski definition) is 0. The summed E-state index contributed by atoms with van der Waals surface area (Å²) < 4.78 is -1.50. The molecule has 5 aromatic carbocycles. The molecule has 0 heterocycles. The Morgan fingerprint density at radius 2 is 1.10 bits per heavy atom. The zero-order valence-corrected chi connectivity index (χ0v) is 24.9. The molecule has 5 rings (SSSR count). The highest BCUT2D eigenvalue weighted by molar-refractivity contribution is 7.98. The van der Waals surface area contributed by atoms with E-state index in [-0.39, 0.29) is 30.3 Å². The van der Waals surface area contributed by atoms with Gasteiger partial charge in [-0.3, -0.25) is 14.9 Å². The quantitative estimate of drug-likeness (QED) is 0.0796. The number of ketones is 1. The zero-order chi connectivity index (χ0) is 28.2. The van der Waals surface area contributed by atoms with Crippen molar-refractivity contribution in [3.8, 4) is 0 Å². The predicted molar refractivity (Wildman–Crippen MR) is 166 cm³/mol. The maximum Gasteiger partial charge on any atom is 0.269 e. The SMILES string of the molecule is O=C(c1ccc(Cl)cc1)C(Cl)(Cc1ccc([N+](=O)[O-])cc1)[P+](c1ccccc1)(c1ccccc1)c1ccccc1.[Cl-]. The van der Waals surface area contributed by atoms with E-state index in [9.17, 15) is 14.9 Å². The van der Waals surface area contributed by atoms with Crippen LogP contribution in [0.2, 0.25) is 5.02 Å². The number of non-ortho nitro benzene ring substituents is 1. The molecule has 0 bridgehead atoms. The van der Waals surface area contributed by atoms with Crippen LogP contribution in [0.1, 0.15) is 15.9 Å². The molecule has 5 aromatic rings. The van der Waals surface area contributed by atoms with Crippen LogP contribution in [0.25, 0.3) is 0 Å². The lowest BCUT2D eigenvalue weighted by Crippen LogP contribution is -3.00. The molecule has 0 saturated heterocycles. The van der Waals surface area contributed by atoms with Crippen LogP contribution < -0.4 is 28.3 Å². The van der Waals surface area contributed by atoms with Crippen LogP contribution in [0.4, 0.5) is 5.69 Å². The molecule has 1 atom stereocenters. The number of carbonyl (C=O) groups excluding carboxylic acids is 1. The van der Waals surface area contributed by atoms with E-state index in [1.54, 1.807) is 36.4 Å². The highest BCUT2D eigenvalue weighted by Crippen LogP contribution is 2.69. The monoisotopic (exact) mass is 619 g/mol. The van der Waals surface area contributed by atoms with Gasteiger partial charge in [0, 0.05) is 29.1 Å². The number of carbonyl (C=O) groups is 1. The van der Waals surface area contributed by atoms with Gasteiger partial charge in [-0.25, -0.2) is 0 Å². The number of hydrogen-bond acceptors (Lipinski definition) is 3. The number of halogens is 3. The first-order chi connectivity index (χ1) is 19.4. The van der Waals surface area contributed by atoms with E-state index in [0.717, 1.165) is 21.5 Å². The highest BCUT2D eigenvalue weighted by Gasteiger charge is 2.66. The van der Waals surface area contributed by atoms with Gasteiger partial charge in [0.05, 0.1) is 4.92 Å². The smallest absolute Gasteiger partial charge is 0.269 e. The van der Waals surface area contributed by atoms with Crippen molar-refractivity contribution >= 4 is 57.8 Å². The molecule has 206 valence electrons. The zero-order valence-electron chi connectivity index (χ0n) is 21.7. The Morgan fingerprint density at radius 3 is 1.49 bits per heavy atom. The van der Waals surface area contributed by atoms with Crippen LogP contribution in [-0.2, 0) is 6.42 Å². The van der Waals surface area contributed by atoms with Crippen molar-refractivity contribution in [2.45, 2.75) is 11.0 Å². The highest BCUT2D eigenvalue weighted by atomic mass is 35.5. The van der Waals surface area contributed by atoms with Crippen LogP contribution in [0.5, 0.6) is 0 Å². The third kappa shape index (κ3) is 5.80. The van der Waals surface area contributed by atoms with Gasteiger partial charge in [-0.15, -0.1) is 0 Å². The van der Waals surface area contributed by atoms with Crippen LogP contribution >= 0.6 is 30.5 Å². The summed E-state index contributed by atoms with van der Waals surface area (Å²) in [6.45, 7) is 0. The fourth-order valence-electron chi connectivity index (χ4n) is 5.20. The van der Waals surface area contributed by atoms with Gasteiger partial charge in [-0.2, -0.15) is 0 Å². The Labute approximate surface area is 255 Å². The second-order valence-electron chi connectivity index (χ2n) is 9.37. The molecule has 0 N–H and O–H groups in total. The number of nitrogens with zero attached hydrogens (tertiary/aromatic N) is 1. The minimum atomic E-state index is -2.96. The lowest BCUT2D eigenvalue weighted by atomic mass is 10.0. The summed E-state index contributed by atoms with van der Waals surface area (Å²) in [5.74, 6) is -0.242. The van der Waals surface area contributed by atoms with Crippen molar-refractivity contribution in [2.75, 3.05) is 0 Å². The third-order valence-electron chi connectivity index (χ3n) is 7.00. The van der Waals surface area contributed by atoms with Crippen molar-refractivity contribution in [1.82, 2.24) is 0 Å². The normalized spacial score (nSPS) is 12.5. The lowest BCUT2D eigenvalue weighted by molar-refractivity contribution is -0.384. The Morgan fingerprint density at radius 1 is 0.683 bits per heavy atom. The standard InChI is InChI=1S/C33H25Cl2NO3P.ClH/c34-27-20-18-26(19-21-27)32(37)33(35,24-25-16-22-28(23-17-25)36(38)39)40(29-10-4-1-5-11-29,30-12-6-2-7-13-30)31-14-8-3-9-15-31;/h1-23H,24H2;1H/q+1;/p-1. The molecule has 1 unspecified atom stereocenters. The Bertz CT molecular complexity index is 1520. The minimum absolute atomic E-state index is 0. The van der Waals surface area contributed by atoms with Gasteiger partial charge in [0.25, 0.3) is 5.69 Å². The van der Waals surface area contributed by atoms with Crippen LogP contribution in [0.3, 0.4) is 0 Å². The topological polar surface area (TPSA) is 60.2 Å². The average Bonchev–Trinajstić information content (AvgIpc) is 2.99. The van der Waals surface area contributed by atoms with Crippen LogP contribution in [0, 0.1) is 10.1 Å². The molecule has 8 heteroatoms. The van der Waals surface area contributed by atoms with Crippen molar-refractivity contribution in [3.63, 3.8) is 0 Å². The lowest BCUT2D eigenvalue weighted by Gasteiger charge is -2.40. The number of benzene rings is 5.